The minimum Gasteiger partial charge on any atom is -0.480 e. The third-order valence-corrected chi connectivity index (χ3v) is 5.68. The summed E-state index contributed by atoms with van der Waals surface area (Å²) in [6, 6.07) is 10.6. The highest BCUT2D eigenvalue weighted by Gasteiger charge is 2.42. The van der Waals surface area contributed by atoms with Crippen LogP contribution in [0.5, 0.6) is 0 Å². The molecule has 1 saturated heterocycles. The van der Waals surface area contributed by atoms with Crippen molar-refractivity contribution in [3.63, 3.8) is 0 Å². The minimum absolute atomic E-state index is 0.138. The molecule has 0 aromatic heterocycles. The third kappa shape index (κ3) is 4.83. The highest BCUT2D eigenvalue weighted by atomic mass is 16.4. The zero-order chi connectivity index (χ0) is 18.4. The van der Waals surface area contributed by atoms with Crippen LogP contribution in [0, 0.1) is 0 Å². The van der Waals surface area contributed by atoms with Crippen LogP contribution in [0.15, 0.2) is 30.3 Å². The van der Waals surface area contributed by atoms with E-state index in [1.807, 2.05) is 6.07 Å². The lowest BCUT2D eigenvalue weighted by molar-refractivity contribution is -0.138. The van der Waals surface area contributed by atoms with Crippen molar-refractivity contribution < 1.29 is 14.7 Å². The number of carbonyl (C=O) groups is 2. The molecule has 1 spiro atoms. The Labute approximate surface area is 155 Å². The van der Waals surface area contributed by atoms with Crippen LogP contribution in [0.2, 0.25) is 0 Å². The van der Waals surface area contributed by atoms with E-state index in [2.05, 4.69) is 39.4 Å². The Kier molecular flexibility index (Phi) is 6.27. The molecule has 0 unspecified atom stereocenters. The molecule has 1 aromatic rings. The quantitative estimate of drug-likeness (QED) is 0.809. The lowest BCUT2D eigenvalue weighted by Crippen LogP contribution is -2.63. The predicted octanol–water partition coefficient (Wildman–Crippen LogP) is 1.71. The Balaban J connectivity index is 1.64. The second kappa shape index (κ2) is 8.64. The van der Waals surface area contributed by atoms with Gasteiger partial charge < -0.3 is 10.4 Å². The Hall–Kier alpha value is -1.92. The average molecular weight is 359 g/mol. The maximum absolute atomic E-state index is 12.0. The summed E-state index contributed by atoms with van der Waals surface area (Å²) in [6.45, 7) is 3.61. The molecule has 6 heteroatoms. The number of nitrogens with zero attached hydrogens (tertiary/aromatic N) is 2. The van der Waals surface area contributed by atoms with Gasteiger partial charge in [-0.25, -0.2) is 0 Å². The fourth-order valence-corrected chi connectivity index (χ4v) is 4.40. The van der Waals surface area contributed by atoms with Crippen LogP contribution >= 0.6 is 0 Å². The Morgan fingerprint density at radius 2 is 1.81 bits per heavy atom. The molecule has 142 valence electrons. The molecular weight excluding hydrogens is 330 g/mol. The number of carboxylic acid groups (broad SMARTS) is 1. The normalized spacial score (nSPS) is 20.8. The summed E-state index contributed by atoms with van der Waals surface area (Å²) in [5, 5.41) is 11.2. The number of nitrogens with one attached hydrogen (secondary N) is 1. The Bertz CT molecular complexity index is 614. The molecule has 1 aromatic carbocycles. The van der Waals surface area contributed by atoms with Gasteiger partial charge in [-0.05, 0) is 18.4 Å². The molecule has 0 bridgehead atoms. The number of carboxylic acids is 1. The van der Waals surface area contributed by atoms with Crippen LogP contribution in [0.3, 0.4) is 0 Å². The molecular formula is C20H29N3O3. The molecule has 2 aliphatic rings. The molecule has 1 saturated carbocycles. The largest absolute Gasteiger partial charge is 0.480 e. The Morgan fingerprint density at radius 3 is 2.50 bits per heavy atom. The standard InChI is InChI=1S/C20H29N3O3/c24-18(21-13-19(25)26)15-22-11-12-23(14-17-7-3-1-4-8-17)20(16-22)9-5-2-6-10-20/h1,3-4,7-8H,2,5-6,9-16H2,(H,21,24)(H,25,26). The molecule has 2 N–H and O–H groups in total. The Morgan fingerprint density at radius 1 is 1.08 bits per heavy atom. The summed E-state index contributed by atoms with van der Waals surface area (Å²) < 4.78 is 0. The lowest BCUT2D eigenvalue weighted by Gasteiger charge is -2.53. The van der Waals surface area contributed by atoms with E-state index in [0.29, 0.717) is 0 Å². The second-order valence-electron chi connectivity index (χ2n) is 7.57. The summed E-state index contributed by atoms with van der Waals surface area (Å²) in [5.41, 5.74) is 1.48. The SMILES string of the molecule is O=C(O)CNC(=O)CN1CCN(Cc2ccccc2)C2(CCCCC2)C1. The van der Waals surface area contributed by atoms with E-state index in [1.165, 1.54) is 37.7 Å². The summed E-state index contributed by atoms with van der Waals surface area (Å²) in [4.78, 5) is 27.5. The molecule has 1 heterocycles. The highest BCUT2D eigenvalue weighted by molar-refractivity contribution is 5.82. The molecule has 2 fully saturated rings. The fourth-order valence-electron chi connectivity index (χ4n) is 4.40. The first kappa shape index (κ1) is 18.9. The molecule has 1 aliphatic heterocycles. The van der Waals surface area contributed by atoms with Crippen molar-refractivity contribution in [1.29, 1.82) is 0 Å². The summed E-state index contributed by atoms with van der Waals surface area (Å²) in [7, 11) is 0. The van der Waals surface area contributed by atoms with Gasteiger partial charge in [-0.2, -0.15) is 0 Å². The number of benzene rings is 1. The molecule has 0 atom stereocenters. The van der Waals surface area contributed by atoms with E-state index >= 15 is 0 Å². The number of amides is 1. The molecule has 0 radical (unpaired) electrons. The van der Waals surface area contributed by atoms with Gasteiger partial charge in [0.15, 0.2) is 0 Å². The predicted molar refractivity (Wildman–Crippen MR) is 99.8 cm³/mol. The van der Waals surface area contributed by atoms with Crippen LogP contribution in [0.25, 0.3) is 0 Å². The first-order valence-corrected chi connectivity index (χ1v) is 9.57. The van der Waals surface area contributed by atoms with Gasteiger partial charge in [0.25, 0.3) is 0 Å². The van der Waals surface area contributed by atoms with Gasteiger partial charge in [0.1, 0.15) is 6.54 Å². The summed E-state index contributed by atoms with van der Waals surface area (Å²) in [6.07, 6.45) is 6.12. The van der Waals surface area contributed by atoms with Crippen molar-refractivity contribution in [1.82, 2.24) is 15.1 Å². The first-order valence-electron chi connectivity index (χ1n) is 9.57. The van der Waals surface area contributed by atoms with Gasteiger partial charge in [-0.1, -0.05) is 49.6 Å². The van der Waals surface area contributed by atoms with Crippen LogP contribution in [-0.4, -0.2) is 65.0 Å². The number of carbonyl (C=O) groups excluding carboxylic acids is 1. The smallest absolute Gasteiger partial charge is 0.322 e. The maximum atomic E-state index is 12.0. The van der Waals surface area contributed by atoms with Crippen LogP contribution in [-0.2, 0) is 16.1 Å². The minimum atomic E-state index is -1.00. The van der Waals surface area contributed by atoms with Gasteiger partial charge in [-0.3, -0.25) is 19.4 Å². The zero-order valence-electron chi connectivity index (χ0n) is 15.3. The fraction of sp³-hybridized carbons (Fsp3) is 0.600. The maximum Gasteiger partial charge on any atom is 0.322 e. The number of hydrogen-bond acceptors (Lipinski definition) is 4. The molecule has 3 rings (SSSR count). The van der Waals surface area contributed by atoms with Crippen molar-refractivity contribution in [2.45, 2.75) is 44.2 Å². The van der Waals surface area contributed by atoms with Gasteiger partial charge in [-0.15, -0.1) is 0 Å². The van der Waals surface area contributed by atoms with E-state index in [-0.39, 0.29) is 24.5 Å². The summed E-state index contributed by atoms with van der Waals surface area (Å²) in [5.74, 6) is -1.20. The van der Waals surface area contributed by atoms with E-state index in [4.69, 9.17) is 5.11 Å². The monoisotopic (exact) mass is 359 g/mol. The number of piperazine rings is 1. The topological polar surface area (TPSA) is 72.9 Å². The van der Waals surface area contributed by atoms with Crippen molar-refractivity contribution in [3.05, 3.63) is 35.9 Å². The number of aliphatic carboxylic acids is 1. The van der Waals surface area contributed by atoms with Gasteiger partial charge in [0, 0.05) is 31.7 Å². The third-order valence-electron chi connectivity index (χ3n) is 5.68. The van der Waals surface area contributed by atoms with E-state index in [9.17, 15) is 9.59 Å². The molecule has 1 aliphatic carbocycles. The first-order chi connectivity index (χ1) is 12.6. The van der Waals surface area contributed by atoms with Crippen molar-refractivity contribution >= 4 is 11.9 Å². The van der Waals surface area contributed by atoms with Gasteiger partial charge in [0.05, 0.1) is 6.54 Å². The lowest BCUT2D eigenvalue weighted by atomic mass is 9.78. The van der Waals surface area contributed by atoms with E-state index in [0.717, 1.165) is 26.2 Å². The highest BCUT2D eigenvalue weighted by Crippen LogP contribution is 2.37. The van der Waals surface area contributed by atoms with Gasteiger partial charge >= 0.3 is 5.97 Å². The van der Waals surface area contributed by atoms with Crippen LogP contribution in [0.4, 0.5) is 0 Å². The van der Waals surface area contributed by atoms with Crippen molar-refractivity contribution in [2.24, 2.45) is 0 Å². The molecule has 1 amide bonds. The van der Waals surface area contributed by atoms with Crippen LogP contribution in [0.1, 0.15) is 37.7 Å². The van der Waals surface area contributed by atoms with Crippen molar-refractivity contribution in [2.75, 3.05) is 32.7 Å². The zero-order valence-corrected chi connectivity index (χ0v) is 15.3. The van der Waals surface area contributed by atoms with Crippen LogP contribution < -0.4 is 5.32 Å². The van der Waals surface area contributed by atoms with E-state index < -0.39 is 5.97 Å². The average Bonchev–Trinajstić information content (AvgIpc) is 2.64. The number of rotatable bonds is 6. The number of hydrogen-bond donors (Lipinski definition) is 2. The van der Waals surface area contributed by atoms with E-state index in [1.54, 1.807) is 0 Å². The molecule has 26 heavy (non-hydrogen) atoms. The summed E-state index contributed by atoms with van der Waals surface area (Å²) >= 11 is 0. The van der Waals surface area contributed by atoms with Gasteiger partial charge in [0.2, 0.25) is 5.91 Å². The molecule has 6 nitrogen and oxygen atoms in total. The second-order valence-corrected chi connectivity index (χ2v) is 7.57. The van der Waals surface area contributed by atoms with Crippen molar-refractivity contribution in [3.8, 4) is 0 Å².